The Kier molecular flexibility index (Phi) is 3.23. The normalized spacial score (nSPS) is 10.7. The molecular weight excluding hydrogens is 292 g/mol. The molecule has 0 saturated carbocycles. The second-order valence-electron chi connectivity index (χ2n) is 4.45. The minimum atomic E-state index is -1.32. The Morgan fingerprint density at radius 2 is 1.81 bits per heavy atom. The van der Waals surface area contributed by atoms with E-state index in [4.69, 9.17) is 16.0 Å². The highest BCUT2D eigenvalue weighted by Gasteiger charge is 2.21. The fraction of sp³-hybridized carbons (Fsp3) is 0. The van der Waals surface area contributed by atoms with E-state index in [1.165, 1.54) is 6.07 Å². The number of carboxylic acid groups (broad SMARTS) is 1. The number of rotatable bonds is 2. The van der Waals surface area contributed by atoms with Gasteiger partial charge < -0.3 is 9.52 Å². The zero-order valence-corrected chi connectivity index (χ0v) is 11.4. The third-order valence-electron chi connectivity index (χ3n) is 3.15. The van der Waals surface area contributed by atoms with Gasteiger partial charge in [-0.25, -0.2) is 9.59 Å². The van der Waals surface area contributed by atoms with Crippen LogP contribution < -0.4 is 5.63 Å². The summed E-state index contributed by atoms with van der Waals surface area (Å²) in [5, 5.41) is 10.3. The first-order valence-electron chi connectivity index (χ1n) is 6.13. The summed E-state index contributed by atoms with van der Waals surface area (Å²) in [4.78, 5) is 23.4. The predicted octanol–water partition coefficient (Wildman–Crippen LogP) is 3.81. The summed E-state index contributed by atoms with van der Waals surface area (Å²) in [5.74, 6) is -1.32. The summed E-state index contributed by atoms with van der Waals surface area (Å²) < 4.78 is 5.08. The van der Waals surface area contributed by atoms with Crippen LogP contribution in [-0.2, 0) is 0 Å². The standard InChI is InChI=1S/C16H9ClO4/c17-10-6-7-11-12(8-10)21-16(20)14(15(18)19)13(11)9-4-2-1-3-5-9/h1-8H,(H,18,19). The summed E-state index contributed by atoms with van der Waals surface area (Å²) in [6.07, 6.45) is 0. The second-order valence-corrected chi connectivity index (χ2v) is 4.89. The molecule has 104 valence electrons. The Balaban J connectivity index is 2.51. The first-order chi connectivity index (χ1) is 10.1. The van der Waals surface area contributed by atoms with Crippen molar-refractivity contribution in [1.82, 2.24) is 0 Å². The SMILES string of the molecule is O=C(O)c1c(-c2ccccc2)c2ccc(Cl)cc2oc1=O. The third kappa shape index (κ3) is 2.30. The number of carboxylic acids is 1. The predicted molar refractivity (Wildman–Crippen MR) is 79.9 cm³/mol. The highest BCUT2D eigenvalue weighted by atomic mass is 35.5. The van der Waals surface area contributed by atoms with Crippen molar-refractivity contribution < 1.29 is 14.3 Å². The Bertz CT molecular complexity index is 897. The lowest BCUT2D eigenvalue weighted by Crippen LogP contribution is -2.15. The van der Waals surface area contributed by atoms with E-state index in [2.05, 4.69) is 0 Å². The molecule has 0 amide bonds. The van der Waals surface area contributed by atoms with Crippen molar-refractivity contribution in [2.75, 3.05) is 0 Å². The molecule has 0 unspecified atom stereocenters. The molecule has 0 aliphatic heterocycles. The Hall–Kier alpha value is -2.59. The lowest BCUT2D eigenvalue weighted by Gasteiger charge is -2.09. The summed E-state index contributed by atoms with van der Waals surface area (Å²) in [7, 11) is 0. The molecule has 2 aromatic carbocycles. The topological polar surface area (TPSA) is 67.5 Å². The molecule has 4 nitrogen and oxygen atoms in total. The lowest BCUT2D eigenvalue weighted by molar-refractivity contribution is 0.0693. The molecule has 1 N–H and O–H groups in total. The molecule has 5 heteroatoms. The van der Waals surface area contributed by atoms with Crippen LogP contribution in [0.25, 0.3) is 22.1 Å². The molecule has 0 aliphatic rings. The molecular formula is C16H9ClO4. The molecule has 1 heterocycles. The van der Waals surface area contributed by atoms with Gasteiger partial charge in [0.2, 0.25) is 0 Å². The van der Waals surface area contributed by atoms with Gasteiger partial charge in [0.25, 0.3) is 0 Å². The van der Waals surface area contributed by atoms with Gasteiger partial charge in [-0.1, -0.05) is 41.9 Å². The highest BCUT2D eigenvalue weighted by Crippen LogP contribution is 2.31. The van der Waals surface area contributed by atoms with Gasteiger partial charge in [0.1, 0.15) is 5.58 Å². The van der Waals surface area contributed by atoms with Crippen LogP contribution in [-0.4, -0.2) is 11.1 Å². The van der Waals surface area contributed by atoms with Crippen LogP contribution in [0.2, 0.25) is 5.02 Å². The monoisotopic (exact) mass is 300 g/mol. The van der Waals surface area contributed by atoms with Crippen molar-refractivity contribution in [1.29, 1.82) is 0 Å². The van der Waals surface area contributed by atoms with E-state index in [0.29, 0.717) is 21.5 Å². The van der Waals surface area contributed by atoms with Crippen LogP contribution >= 0.6 is 11.6 Å². The third-order valence-corrected chi connectivity index (χ3v) is 3.38. The van der Waals surface area contributed by atoms with E-state index >= 15 is 0 Å². The highest BCUT2D eigenvalue weighted by molar-refractivity contribution is 6.31. The number of benzene rings is 2. The molecule has 0 bridgehead atoms. The smallest absolute Gasteiger partial charge is 0.351 e. The number of carbonyl (C=O) groups is 1. The molecule has 0 aliphatic carbocycles. The van der Waals surface area contributed by atoms with E-state index < -0.39 is 11.6 Å². The van der Waals surface area contributed by atoms with E-state index in [-0.39, 0.29) is 11.1 Å². The maximum absolute atomic E-state index is 12.0. The molecule has 0 fully saturated rings. The van der Waals surface area contributed by atoms with Crippen LogP contribution in [0.1, 0.15) is 10.4 Å². The Labute approximate surface area is 124 Å². The van der Waals surface area contributed by atoms with Crippen LogP contribution in [0, 0.1) is 0 Å². The van der Waals surface area contributed by atoms with Gasteiger partial charge in [0.05, 0.1) is 0 Å². The molecule has 3 rings (SSSR count). The largest absolute Gasteiger partial charge is 0.477 e. The Morgan fingerprint density at radius 3 is 2.48 bits per heavy atom. The fourth-order valence-corrected chi connectivity index (χ4v) is 2.44. The van der Waals surface area contributed by atoms with Gasteiger partial charge in [-0.05, 0) is 17.7 Å². The van der Waals surface area contributed by atoms with E-state index in [9.17, 15) is 14.7 Å². The average molecular weight is 301 g/mol. The van der Waals surface area contributed by atoms with E-state index in [1.807, 2.05) is 6.07 Å². The van der Waals surface area contributed by atoms with Crippen molar-refractivity contribution in [3.8, 4) is 11.1 Å². The van der Waals surface area contributed by atoms with Gasteiger partial charge in [-0.2, -0.15) is 0 Å². The van der Waals surface area contributed by atoms with Gasteiger partial charge in [-0.3, -0.25) is 0 Å². The van der Waals surface area contributed by atoms with E-state index in [0.717, 1.165) is 0 Å². The number of hydrogen-bond acceptors (Lipinski definition) is 3. The lowest BCUT2D eigenvalue weighted by atomic mass is 9.97. The summed E-state index contributed by atoms with van der Waals surface area (Å²) >= 11 is 5.89. The van der Waals surface area contributed by atoms with Gasteiger partial charge in [0, 0.05) is 22.0 Å². The summed E-state index contributed by atoms with van der Waals surface area (Å²) in [5.41, 5.74) is -0.0374. The minimum absolute atomic E-state index is 0.261. The minimum Gasteiger partial charge on any atom is -0.477 e. The number of fused-ring (bicyclic) bond motifs is 1. The molecule has 0 saturated heterocycles. The van der Waals surface area contributed by atoms with Crippen LogP contribution in [0.4, 0.5) is 0 Å². The second kappa shape index (κ2) is 5.07. The van der Waals surface area contributed by atoms with Gasteiger partial charge >= 0.3 is 11.6 Å². The number of halogens is 1. The molecule has 21 heavy (non-hydrogen) atoms. The molecule has 3 aromatic rings. The van der Waals surface area contributed by atoms with E-state index in [1.54, 1.807) is 36.4 Å². The number of aromatic carboxylic acids is 1. The molecule has 1 aromatic heterocycles. The van der Waals surface area contributed by atoms with Crippen molar-refractivity contribution in [2.24, 2.45) is 0 Å². The fourth-order valence-electron chi connectivity index (χ4n) is 2.27. The van der Waals surface area contributed by atoms with Crippen LogP contribution in [0.3, 0.4) is 0 Å². The quantitative estimate of drug-likeness (QED) is 0.731. The van der Waals surface area contributed by atoms with Gasteiger partial charge in [-0.15, -0.1) is 0 Å². The average Bonchev–Trinajstić information content (AvgIpc) is 2.46. The summed E-state index contributed by atoms with van der Waals surface area (Å²) in [6.45, 7) is 0. The van der Waals surface area contributed by atoms with Crippen molar-refractivity contribution in [3.63, 3.8) is 0 Å². The van der Waals surface area contributed by atoms with Crippen LogP contribution in [0.15, 0.2) is 57.7 Å². The van der Waals surface area contributed by atoms with Crippen LogP contribution in [0.5, 0.6) is 0 Å². The molecule has 0 spiro atoms. The Morgan fingerprint density at radius 1 is 1.10 bits per heavy atom. The zero-order chi connectivity index (χ0) is 15.0. The molecule has 0 radical (unpaired) electrons. The van der Waals surface area contributed by atoms with Crippen molar-refractivity contribution >= 4 is 28.5 Å². The summed E-state index contributed by atoms with van der Waals surface area (Å²) in [6, 6.07) is 13.6. The maximum atomic E-state index is 12.0. The zero-order valence-electron chi connectivity index (χ0n) is 10.7. The first-order valence-corrected chi connectivity index (χ1v) is 6.51. The maximum Gasteiger partial charge on any atom is 0.351 e. The van der Waals surface area contributed by atoms with Crippen molar-refractivity contribution in [3.05, 3.63) is 69.5 Å². The first kappa shape index (κ1) is 13.4. The molecule has 0 atom stereocenters. The van der Waals surface area contributed by atoms with Gasteiger partial charge in [0.15, 0.2) is 5.56 Å². The van der Waals surface area contributed by atoms with Crippen molar-refractivity contribution in [2.45, 2.75) is 0 Å². The number of hydrogen-bond donors (Lipinski definition) is 1.